The Morgan fingerprint density at radius 1 is 0.375 bits per heavy atom. The zero-order valence-corrected chi connectivity index (χ0v) is 29.3. The van der Waals surface area contributed by atoms with E-state index in [2.05, 4.69) is 202 Å². The van der Waals surface area contributed by atoms with Gasteiger partial charge in [-0.3, -0.25) is 0 Å². The number of hydrogen-bond acceptors (Lipinski definition) is 3. The molecule has 48 heavy (non-hydrogen) atoms. The van der Waals surface area contributed by atoms with Crippen LogP contribution in [-0.2, 0) is 0 Å². The first kappa shape index (κ1) is 31.4. The molecule has 2 nitrogen and oxygen atoms in total. The Labute approximate surface area is 295 Å². The number of nitrogens with zero attached hydrogens (tertiary/aromatic N) is 2. The molecular formula is C44H35BrN2S. The van der Waals surface area contributed by atoms with E-state index in [1.807, 2.05) is 25.2 Å². The first-order valence-electron chi connectivity index (χ1n) is 16.3. The van der Waals surface area contributed by atoms with Crippen LogP contribution in [0, 0.1) is 0 Å². The van der Waals surface area contributed by atoms with E-state index in [-0.39, 0.29) is 0 Å². The molecule has 0 fully saturated rings. The van der Waals surface area contributed by atoms with Crippen LogP contribution in [0.5, 0.6) is 0 Å². The molecule has 0 bridgehead atoms. The summed E-state index contributed by atoms with van der Waals surface area (Å²) in [5.41, 5.74) is 8.93. The molecule has 0 N–H and O–H groups in total. The third-order valence-electron chi connectivity index (χ3n) is 8.26. The molecular weight excluding hydrogens is 668 g/mol. The van der Waals surface area contributed by atoms with Crippen molar-refractivity contribution in [3.63, 3.8) is 0 Å². The first-order valence-corrected chi connectivity index (χ1v) is 17.9. The van der Waals surface area contributed by atoms with Crippen LogP contribution in [0.3, 0.4) is 0 Å². The smallest absolute Gasteiger partial charge is 0.0493 e. The number of rotatable bonds is 7. The lowest BCUT2D eigenvalue weighted by Crippen LogP contribution is -2.13. The van der Waals surface area contributed by atoms with Crippen LogP contribution in [-0.4, -0.2) is 0 Å². The molecule has 0 saturated heterocycles. The number of anilines is 6. The van der Waals surface area contributed by atoms with Crippen molar-refractivity contribution < 1.29 is 0 Å². The topological polar surface area (TPSA) is 6.48 Å². The van der Waals surface area contributed by atoms with Crippen molar-refractivity contribution in [3.8, 4) is 11.1 Å². The van der Waals surface area contributed by atoms with Gasteiger partial charge < -0.3 is 9.80 Å². The molecule has 0 amide bonds. The Balaban J connectivity index is 0.00000179. The van der Waals surface area contributed by atoms with Gasteiger partial charge in [0.1, 0.15) is 0 Å². The van der Waals surface area contributed by atoms with Crippen LogP contribution in [0.25, 0.3) is 31.3 Å². The lowest BCUT2D eigenvalue weighted by Gasteiger charge is -2.30. The SMILES string of the molecule is Brc1cc(N(c2ccccc2)c2ccc(-c3ccccc3)cc2)cc(N(c2ccccc2)c2ccc3sc4ccccc4c3c2)c1.CC. The Hall–Kier alpha value is -5.16. The number of benzene rings is 7. The second kappa shape index (κ2) is 14.3. The van der Waals surface area contributed by atoms with Crippen molar-refractivity contribution in [1.29, 1.82) is 0 Å². The highest BCUT2D eigenvalue weighted by atomic mass is 79.9. The molecule has 1 heterocycles. The Kier molecular flexibility index (Phi) is 9.37. The molecule has 0 radical (unpaired) electrons. The van der Waals surface area contributed by atoms with Gasteiger partial charge in [0.25, 0.3) is 0 Å². The summed E-state index contributed by atoms with van der Waals surface area (Å²) in [4.78, 5) is 4.67. The highest BCUT2D eigenvalue weighted by Gasteiger charge is 2.19. The minimum absolute atomic E-state index is 1.00. The van der Waals surface area contributed by atoms with E-state index in [9.17, 15) is 0 Å². The number of hydrogen-bond donors (Lipinski definition) is 0. The van der Waals surface area contributed by atoms with Crippen LogP contribution in [0.1, 0.15) is 13.8 Å². The van der Waals surface area contributed by atoms with Gasteiger partial charge in [0, 0.05) is 58.8 Å². The van der Waals surface area contributed by atoms with Gasteiger partial charge in [-0.2, -0.15) is 0 Å². The van der Waals surface area contributed by atoms with E-state index in [0.29, 0.717) is 0 Å². The normalized spacial score (nSPS) is 10.8. The standard InChI is InChI=1S/C42H29BrN2S.C2H6/c43-32-26-37(44(33-14-6-2-7-15-33)35-22-20-31(21-23-35)30-12-4-1-5-13-30)28-38(27-32)45(34-16-8-3-9-17-34)36-24-25-42-40(29-36)39-18-10-11-19-41(39)46-42;1-2/h1-29H;1-2H3. The van der Waals surface area contributed by atoms with Gasteiger partial charge >= 0.3 is 0 Å². The molecule has 0 unspecified atom stereocenters. The first-order chi connectivity index (χ1) is 23.7. The van der Waals surface area contributed by atoms with Crippen molar-refractivity contribution in [3.05, 3.63) is 180 Å². The number of para-hydroxylation sites is 2. The van der Waals surface area contributed by atoms with E-state index in [0.717, 1.165) is 38.6 Å². The van der Waals surface area contributed by atoms with Crippen molar-refractivity contribution in [2.45, 2.75) is 13.8 Å². The van der Waals surface area contributed by atoms with Crippen LogP contribution in [0.4, 0.5) is 34.1 Å². The maximum atomic E-state index is 3.90. The van der Waals surface area contributed by atoms with Gasteiger partial charge in [0.2, 0.25) is 0 Å². The van der Waals surface area contributed by atoms with Gasteiger partial charge in [-0.15, -0.1) is 11.3 Å². The minimum Gasteiger partial charge on any atom is -0.310 e. The molecule has 0 aliphatic heterocycles. The molecule has 8 rings (SSSR count). The molecule has 234 valence electrons. The second-order valence-electron chi connectivity index (χ2n) is 11.2. The van der Waals surface area contributed by atoms with E-state index in [1.54, 1.807) is 0 Å². The molecule has 0 saturated carbocycles. The fraction of sp³-hybridized carbons (Fsp3) is 0.0455. The van der Waals surface area contributed by atoms with Crippen LogP contribution in [0.15, 0.2) is 180 Å². The van der Waals surface area contributed by atoms with E-state index in [4.69, 9.17) is 0 Å². The van der Waals surface area contributed by atoms with Crippen molar-refractivity contribution in [2.75, 3.05) is 9.80 Å². The maximum absolute atomic E-state index is 3.90. The lowest BCUT2D eigenvalue weighted by atomic mass is 10.0. The molecule has 0 aliphatic rings. The summed E-state index contributed by atoms with van der Waals surface area (Å²) in [6.45, 7) is 4.00. The monoisotopic (exact) mass is 702 g/mol. The summed E-state index contributed by atoms with van der Waals surface area (Å²) in [5, 5.41) is 2.57. The summed E-state index contributed by atoms with van der Waals surface area (Å²) >= 11 is 5.74. The average molecular weight is 704 g/mol. The lowest BCUT2D eigenvalue weighted by molar-refractivity contribution is 1.25. The Morgan fingerprint density at radius 3 is 1.46 bits per heavy atom. The van der Waals surface area contributed by atoms with Crippen LogP contribution in [0.2, 0.25) is 0 Å². The Bertz CT molecular complexity index is 2260. The van der Waals surface area contributed by atoms with Gasteiger partial charge in [0.15, 0.2) is 0 Å². The highest BCUT2D eigenvalue weighted by Crippen LogP contribution is 2.44. The van der Waals surface area contributed by atoms with Crippen molar-refractivity contribution in [2.24, 2.45) is 0 Å². The zero-order chi connectivity index (χ0) is 32.9. The second-order valence-corrected chi connectivity index (χ2v) is 13.2. The quantitative estimate of drug-likeness (QED) is 0.163. The highest BCUT2D eigenvalue weighted by molar-refractivity contribution is 9.10. The fourth-order valence-electron chi connectivity index (χ4n) is 6.15. The molecule has 7 aromatic carbocycles. The average Bonchev–Trinajstić information content (AvgIpc) is 3.52. The molecule has 0 atom stereocenters. The predicted molar refractivity (Wildman–Crippen MR) is 213 cm³/mol. The summed E-state index contributed by atoms with van der Waals surface area (Å²) < 4.78 is 3.61. The predicted octanol–water partition coefficient (Wildman–Crippen LogP) is 14.4. The third-order valence-corrected chi connectivity index (χ3v) is 9.87. The van der Waals surface area contributed by atoms with Crippen LogP contribution >= 0.6 is 27.3 Å². The van der Waals surface area contributed by atoms with Crippen molar-refractivity contribution in [1.82, 2.24) is 0 Å². The van der Waals surface area contributed by atoms with E-state index >= 15 is 0 Å². The molecule has 0 aliphatic carbocycles. The summed E-state index contributed by atoms with van der Waals surface area (Å²) in [6.07, 6.45) is 0. The van der Waals surface area contributed by atoms with Crippen molar-refractivity contribution >= 4 is 81.6 Å². The minimum atomic E-state index is 1.00. The van der Waals surface area contributed by atoms with E-state index < -0.39 is 0 Å². The largest absolute Gasteiger partial charge is 0.310 e. The number of thiophene rings is 1. The number of halogens is 1. The summed E-state index contributed by atoms with van der Waals surface area (Å²) in [7, 11) is 0. The summed E-state index contributed by atoms with van der Waals surface area (Å²) in [5.74, 6) is 0. The fourth-order valence-corrected chi connectivity index (χ4v) is 7.71. The van der Waals surface area contributed by atoms with Gasteiger partial charge in [-0.1, -0.05) is 127 Å². The van der Waals surface area contributed by atoms with Gasteiger partial charge in [-0.25, -0.2) is 0 Å². The molecule has 0 spiro atoms. The molecule has 1 aromatic heterocycles. The zero-order valence-electron chi connectivity index (χ0n) is 26.9. The molecule has 8 aromatic rings. The van der Waals surface area contributed by atoms with E-state index in [1.165, 1.54) is 31.3 Å². The van der Waals surface area contributed by atoms with Crippen LogP contribution < -0.4 is 9.80 Å². The molecule has 4 heteroatoms. The van der Waals surface area contributed by atoms with Gasteiger partial charge in [0.05, 0.1) is 0 Å². The Morgan fingerprint density at radius 2 is 0.833 bits per heavy atom. The maximum Gasteiger partial charge on any atom is 0.0493 e. The third kappa shape index (κ3) is 6.37. The summed E-state index contributed by atoms with van der Waals surface area (Å²) in [6, 6.07) is 62.7. The van der Waals surface area contributed by atoms with Gasteiger partial charge in [-0.05, 0) is 90.0 Å². The number of fused-ring (bicyclic) bond motifs is 3.